The van der Waals surface area contributed by atoms with Crippen molar-refractivity contribution in [2.24, 2.45) is 17.6 Å². The summed E-state index contributed by atoms with van der Waals surface area (Å²) < 4.78 is 0. The minimum Gasteiger partial charge on any atom is -0.395 e. The summed E-state index contributed by atoms with van der Waals surface area (Å²) in [5.74, 6) is 1.55. The molecule has 3 heteroatoms. The van der Waals surface area contributed by atoms with Crippen LogP contribution in [0.2, 0.25) is 0 Å². The first-order chi connectivity index (χ1) is 8.80. The highest BCUT2D eigenvalue weighted by atomic mass is 16.3. The summed E-state index contributed by atoms with van der Waals surface area (Å²) in [5.41, 5.74) is 5.98. The van der Waals surface area contributed by atoms with E-state index >= 15 is 0 Å². The summed E-state index contributed by atoms with van der Waals surface area (Å²) in [5, 5.41) is 9.52. The van der Waals surface area contributed by atoms with Gasteiger partial charge in [0.2, 0.25) is 0 Å². The molecule has 3 N–H and O–H groups in total. The number of aliphatic hydroxyl groups excluding tert-OH is 1. The van der Waals surface area contributed by atoms with Gasteiger partial charge in [-0.1, -0.05) is 26.2 Å². The van der Waals surface area contributed by atoms with Gasteiger partial charge in [0.1, 0.15) is 0 Å². The fraction of sp³-hybridized carbons (Fsp3) is 1.00. The predicted molar refractivity (Wildman–Crippen MR) is 75.4 cm³/mol. The van der Waals surface area contributed by atoms with Gasteiger partial charge in [-0.05, 0) is 50.6 Å². The summed E-state index contributed by atoms with van der Waals surface area (Å²) in [4.78, 5) is 2.58. The number of hydrogen-bond donors (Lipinski definition) is 2. The molecule has 2 fully saturated rings. The van der Waals surface area contributed by atoms with E-state index in [0.29, 0.717) is 24.6 Å². The molecular formula is C15H30N2O. The van der Waals surface area contributed by atoms with Crippen molar-refractivity contribution in [3.05, 3.63) is 0 Å². The molecule has 1 heterocycles. The van der Waals surface area contributed by atoms with Gasteiger partial charge in [-0.25, -0.2) is 0 Å². The van der Waals surface area contributed by atoms with Crippen LogP contribution in [0.25, 0.3) is 0 Å². The van der Waals surface area contributed by atoms with Gasteiger partial charge < -0.3 is 10.8 Å². The molecule has 1 aliphatic heterocycles. The first-order valence-electron chi connectivity index (χ1n) is 7.86. The van der Waals surface area contributed by atoms with Gasteiger partial charge in [-0.3, -0.25) is 4.90 Å². The van der Waals surface area contributed by atoms with Crippen molar-refractivity contribution < 1.29 is 5.11 Å². The maximum atomic E-state index is 9.52. The molecule has 1 saturated carbocycles. The Balaban J connectivity index is 2.01. The first-order valence-corrected chi connectivity index (χ1v) is 7.86. The zero-order valence-corrected chi connectivity index (χ0v) is 11.9. The molecule has 3 nitrogen and oxygen atoms in total. The summed E-state index contributed by atoms with van der Waals surface area (Å²) in [6, 6.07) is 1.05. The van der Waals surface area contributed by atoms with Crippen LogP contribution in [-0.4, -0.2) is 41.8 Å². The van der Waals surface area contributed by atoms with E-state index in [1.807, 2.05) is 0 Å². The minimum atomic E-state index is 0.326. The highest BCUT2D eigenvalue weighted by Crippen LogP contribution is 2.37. The number of nitrogens with two attached hydrogens (primary N) is 1. The van der Waals surface area contributed by atoms with Crippen molar-refractivity contribution in [3.8, 4) is 0 Å². The number of hydrogen-bond acceptors (Lipinski definition) is 3. The zero-order chi connectivity index (χ0) is 13.0. The van der Waals surface area contributed by atoms with Crippen LogP contribution in [0, 0.1) is 11.8 Å². The van der Waals surface area contributed by atoms with Crippen molar-refractivity contribution in [1.29, 1.82) is 0 Å². The third-order valence-electron chi connectivity index (χ3n) is 5.12. The van der Waals surface area contributed by atoms with E-state index in [9.17, 15) is 5.11 Å². The second-order valence-electron chi connectivity index (χ2n) is 6.25. The number of likely N-dealkylation sites (tertiary alicyclic amines) is 1. The number of rotatable bonds is 5. The molecule has 18 heavy (non-hydrogen) atoms. The van der Waals surface area contributed by atoms with Crippen LogP contribution in [-0.2, 0) is 0 Å². The zero-order valence-electron chi connectivity index (χ0n) is 11.9. The van der Waals surface area contributed by atoms with Crippen LogP contribution in [0.15, 0.2) is 0 Å². The van der Waals surface area contributed by atoms with Gasteiger partial charge in [0.15, 0.2) is 0 Å². The molecule has 0 aromatic heterocycles. The molecule has 0 spiro atoms. The third kappa shape index (κ3) is 3.06. The van der Waals surface area contributed by atoms with Crippen molar-refractivity contribution in [2.45, 2.75) is 64.0 Å². The van der Waals surface area contributed by atoms with E-state index in [2.05, 4.69) is 11.8 Å². The monoisotopic (exact) mass is 254 g/mol. The standard InChI is InChI=1S/C15H30N2O/c1-2-4-12-6-7-13(10-16)15(9-12)17-8-3-5-14(17)11-18/h12-15,18H,2-11,16H2,1H3. The maximum Gasteiger partial charge on any atom is 0.0586 e. The van der Waals surface area contributed by atoms with E-state index in [1.54, 1.807) is 0 Å². The average molecular weight is 254 g/mol. The molecule has 0 radical (unpaired) electrons. The Hall–Kier alpha value is -0.120. The molecule has 1 aliphatic carbocycles. The van der Waals surface area contributed by atoms with Gasteiger partial charge >= 0.3 is 0 Å². The van der Waals surface area contributed by atoms with Crippen LogP contribution in [0.4, 0.5) is 0 Å². The topological polar surface area (TPSA) is 49.5 Å². The normalized spacial score (nSPS) is 38.2. The van der Waals surface area contributed by atoms with Crippen LogP contribution >= 0.6 is 0 Å². The van der Waals surface area contributed by atoms with Crippen molar-refractivity contribution in [1.82, 2.24) is 4.90 Å². The van der Waals surface area contributed by atoms with Gasteiger partial charge in [0, 0.05) is 12.1 Å². The lowest BCUT2D eigenvalue weighted by atomic mass is 9.75. The van der Waals surface area contributed by atoms with Crippen molar-refractivity contribution in [2.75, 3.05) is 19.7 Å². The van der Waals surface area contributed by atoms with E-state index in [1.165, 1.54) is 51.5 Å². The summed E-state index contributed by atoms with van der Waals surface area (Å²) >= 11 is 0. The lowest BCUT2D eigenvalue weighted by Crippen LogP contribution is -2.49. The lowest BCUT2D eigenvalue weighted by Gasteiger charge is -2.43. The Bertz CT molecular complexity index is 247. The van der Waals surface area contributed by atoms with E-state index in [4.69, 9.17) is 5.73 Å². The second kappa shape index (κ2) is 6.88. The largest absolute Gasteiger partial charge is 0.395 e. The average Bonchev–Trinajstić information content (AvgIpc) is 2.87. The van der Waals surface area contributed by atoms with E-state index < -0.39 is 0 Å². The molecule has 0 bridgehead atoms. The molecule has 0 amide bonds. The molecule has 0 aromatic rings. The predicted octanol–water partition coefficient (Wildman–Crippen LogP) is 1.99. The Morgan fingerprint density at radius 1 is 1.28 bits per heavy atom. The highest BCUT2D eigenvalue weighted by Gasteiger charge is 2.37. The second-order valence-corrected chi connectivity index (χ2v) is 6.25. The summed E-state index contributed by atoms with van der Waals surface area (Å²) in [6.07, 6.45) is 9.05. The SMILES string of the molecule is CCCC1CCC(CN)C(N2CCCC2CO)C1. The molecule has 0 aromatic carbocycles. The Morgan fingerprint density at radius 3 is 2.78 bits per heavy atom. The highest BCUT2D eigenvalue weighted by molar-refractivity contribution is 4.92. The molecule has 2 aliphatic rings. The molecule has 4 unspecified atom stereocenters. The Labute approximate surface area is 112 Å². The van der Waals surface area contributed by atoms with E-state index in [0.717, 1.165) is 12.5 Å². The minimum absolute atomic E-state index is 0.326. The first kappa shape index (κ1) is 14.3. The quantitative estimate of drug-likeness (QED) is 0.789. The van der Waals surface area contributed by atoms with Gasteiger partial charge in [0.25, 0.3) is 0 Å². The fourth-order valence-electron chi connectivity index (χ4n) is 4.14. The molecule has 1 saturated heterocycles. The maximum absolute atomic E-state index is 9.52. The Morgan fingerprint density at radius 2 is 2.11 bits per heavy atom. The van der Waals surface area contributed by atoms with Crippen LogP contribution < -0.4 is 5.73 Å². The molecule has 4 atom stereocenters. The molecule has 106 valence electrons. The van der Waals surface area contributed by atoms with Gasteiger partial charge in [0.05, 0.1) is 6.61 Å². The van der Waals surface area contributed by atoms with Crippen LogP contribution in [0.1, 0.15) is 51.9 Å². The Kier molecular flexibility index (Phi) is 5.46. The molecular weight excluding hydrogens is 224 g/mol. The third-order valence-corrected chi connectivity index (χ3v) is 5.12. The summed E-state index contributed by atoms with van der Waals surface area (Å²) in [7, 11) is 0. The van der Waals surface area contributed by atoms with Gasteiger partial charge in [-0.2, -0.15) is 0 Å². The fourth-order valence-corrected chi connectivity index (χ4v) is 4.14. The lowest BCUT2D eigenvalue weighted by molar-refractivity contribution is 0.0475. The smallest absolute Gasteiger partial charge is 0.0586 e. The molecule has 2 rings (SSSR count). The van der Waals surface area contributed by atoms with E-state index in [-0.39, 0.29) is 0 Å². The number of nitrogens with zero attached hydrogens (tertiary/aromatic N) is 1. The van der Waals surface area contributed by atoms with Crippen molar-refractivity contribution in [3.63, 3.8) is 0 Å². The van der Waals surface area contributed by atoms with Crippen molar-refractivity contribution >= 4 is 0 Å². The van der Waals surface area contributed by atoms with Crippen LogP contribution in [0.5, 0.6) is 0 Å². The van der Waals surface area contributed by atoms with Gasteiger partial charge in [-0.15, -0.1) is 0 Å². The van der Waals surface area contributed by atoms with Crippen LogP contribution in [0.3, 0.4) is 0 Å². The number of aliphatic hydroxyl groups is 1. The summed E-state index contributed by atoms with van der Waals surface area (Å²) in [6.45, 7) is 4.60.